The molecule has 0 radical (unpaired) electrons. The number of hydrogen-bond acceptors (Lipinski definition) is 2. The summed E-state index contributed by atoms with van der Waals surface area (Å²) in [4.78, 5) is 1.21. The van der Waals surface area contributed by atoms with Gasteiger partial charge in [-0.2, -0.15) is 0 Å². The van der Waals surface area contributed by atoms with Gasteiger partial charge in [0, 0.05) is 17.2 Å². The predicted molar refractivity (Wildman–Crippen MR) is 77.1 cm³/mol. The van der Waals surface area contributed by atoms with Crippen LogP contribution in [0.1, 0.15) is 0 Å². The molecule has 0 unspecified atom stereocenters. The van der Waals surface area contributed by atoms with Crippen LogP contribution in [-0.4, -0.2) is 12.3 Å². The van der Waals surface area contributed by atoms with Crippen LogP contribution in [0.4, 0.5) is 10.1 Å². The minimum atomic E-state index is -0.313. The van der Waals surface area contributed by atoms with Crippen LogP contribution in [0, 0.1) is 5.82 Å². The Morgan fingerprint density at radius 2 is 1.83 bits per heavy atom. The van der Waals surface area contributed by atoms with Gasteiger partial charge in [-0.3, -0.25) is 0 Å². The lowest BCUT2D eigenvalue weighted by Gasteiger charge is -2.09. The zero-order chi connectivity index (χ0) is 12.8. The van der Waals surface area contributed by atoms with Crippen LogP contribution in [0.25, 0.3) is 0 Å². The van der Waals surface area contributed by atoms with Crippen molar-refractivity contribution in [1.29, 1.82) is 0 Å². The van der Waals surface area contributed by atoms with Gasteiger partial charge in [-0.1, -0.05) is 35.9 Å². The number of nitrogens with one attached hydrogen (secondary N) is 1. The molecular weight excluding hydrogens is 269 g/mol. The summed E-state index contributed by atoms with van der Waals surface area (Å²) in [5.41, 5.74) is 0.382. The molecule has 0 atom stereocenters. The van der Waals surface area contributed by atoms with E-state index < -0.39 is 0 Å². The van der Waals surface area contributed by atoms with E-state index in [1.807, 2.05) is 18.2 Å². The summed E-state index contributed by atoms with van der Waals surface area (Å²) in [6.45, 7) is 0.667. The topological polar surface area (TPSA) is 12.0 Å². The fourth-order valence-electron chi connectivity index (χ4n) is 1.53. The number of para-hydroxylation sites is 1. The average molecular weight is 282 g/mol. The van der Waals surface area contributed by atoms with Gasteiger partial charge in [-0.05, 0) is 24.3 Å². The Bertz CT molecular complexity index is 484. The van der Waals surface area contributed by atoms with E-state index in [-0.39, 0.29) is 5.82 Å². The van der Waals surface area contributed by atoms with Crippen LogP contribution in [0.15, 0.2) is 53.4 Å². The Hall–Kier alpha value is -1.19. The van der Waals surface area contributed by atoms with Gasteiger partial charge in [0.05, 0.1) is 10.7 Å². The van der Waals surface area contributed by atoms with Crippen molar-refractivity contribution in [3.63, 3.8) is 0 Å². The number of benzene rings is 2. The predicted octanol–water partition coefficient (Wildman–Crippen LogP) is 4.68. The third kappa shape index (κ3) is 3.65. The molecule has 94 valence electrons. The van der Waals surface area contributed by atoms with Crippen LogP contribution >= 0.6 is 23.4 Å². The Balaban J connectivity index is 1.82. The summed E-state index contributed by atoms with van der Waals surface area (Å²) in [5.74, 6) is 0.543. The molecule has 0 heterocycles. The molecule has 0 aromatic heterocycles. The van der Waals surface area contributed by atoms with Gasteiger partial charge in [-0.25, -0.2) is 4.39 Å². The van der Waals surface area contributed by atoms with E-state index in [9.17, 15) is 4.39 Å². The third-order valence-corrected chi connectivity index (χ3v) is 3.71. The van der Waals surface area contributed by atoms with Crippen molar-refractivity contribution in [2.45, 2.75) is 4.90 Å². The highest BCUT2D eigenvalue weighted by molar-refractivity contribution is 7.99. The standard InChI is InChI=1S/C14H13ClFNS/c15-12-7-4-8-13(16)14(12)17-9-10-18-11-5-2-1-3-6-11/h1-8,17H,9-10H2. The van der Waals surface area contributed by atoms with Crippen molar-refractivity contribution in [2.75, 3.05) is 17.6 Å². The molecule has 18 heavy (non-hydrogen) atoms. The highest BCUT2D eigenvalue weighted by atomic mass is 35.5. The first-order valence-electron chi connectivity index (χ1n) is 5.63. The van der Waals surface area contributed by atoms with E-state index in [0.29, 0.717) is 17.3 Å². The van der Waals surface area contributed by atoms with E-state index in [0.717, 1.165) is 5.75 Å². The molecule has 2 rings (SSSR count). The molecule has 0 fully saturated rings. The number of rotatable bonds is 5. The first-order chi connectivity index (χ1) is 8.77. The fourth-order valence-corrected chi connectivity index (χ4v) is 2.55. The second kappa shape index (κ2) is 6.66. The average Bonchev–Trinajstić information content (AvgIpc) is 2.38. The van der Waals surface area contributed by atoms with E-state index in [2.05, 4.69) is 17.4 Å². The summed E-state index contributed by atoms with van der Waals surface area (Å²) in [7, 11) is 0. The summed E-state index contributed by atoms with van der Waals surface area (Å²) in [6, 6.07) is 14.8. The van der Waals surface area contributed by atoms with E-state index in [4.69, 9.17) is 11.6 Å². The van der Waals surface area contributed by atoms with Crippen LogP contribution in [0.5, 0.6) is 0 Å². The lowest BCUT2D eigenvalue weighted by Crippen LogP contribution is -2.06. The summed E-state index contributed by atoms with van der Waals surface area (Å²) in [5, 5.41) is 3.44. The second-order valence-electron chi connectivity index (χ2n) is 3.68. The van der Waals surface area contributed by atoms with Crippen LogP contribution in [0.3, 0.4) is 0 Å². The first kappa shape index (κ1) is 13.2. The largest absolute Gasteiger partial charge is 0.381 e. The minimum absolute atomic E-state index is 0.313. The van der Waals surface area contributed by atoms with Gasteiger partial charge < -0.3 is 5.32 Å². The molecule has 1 N–H and O–H groups in total. The lowest BCUT2D eigenvalue weighted by atomic mass is 10.3. The maximum atomic E-state index is 13.4. The van der Waals surface area contributed by atoms with E-state index >= 15 is 0 Å². The lowest BCUT2D eigenvalue weighted by molar-refractivity contribution is 0.630. The zero-order valence-electron chi connectivity index (χ0n) is 9.70. The Kier molecular flexibility index (Phi) is 4.90. The molecular formula is C14H13ClFNS. The van der Waals surface area contributed by atoms with Gasteiger partial charge in [0.25, 0.3) is 0 Å². The zero-order valence-corrected chi connectivity index (χ0v) is 11.3. The Morgan fingerprint density at radius 3 is 2.56 bits per heavy atom. The molecule has 2 aromatic rings. The molecule has 4 heteroatoms. The van der Waals surface area contributed by atoms with Crippen molar-refractivity contribution in [3.8, 4) is 0 Å². The van der Waals surface area contributed by atoms with Gasteiger partial charge in [0.2, 0.25) is 0 Å². The molecule has 0 saturated carbocycles. The van der Waals surface area contributed by atoms with Crippen LogP contribution in [-0.2, 0) is 0 Å². The summed E-state index contributed by atoms with van der Waals surface area (Å²) >= 11 is 7.64. The fraction of sp³-hybridized carbons (Fsp3) is 0.143. The third-order valence-electron chi connectivity index (χ3n) is 2.38. The number of halogens is 2. The Labute approximate surface area is 115 Å². The molecule has 2 aromatic carbocycles. The SMILES string of the molecule is Fc1cccc(Cl)c1NCCSc1ccccc1. The normalized spacial score (nSPS) is 10.3. The van der Waals surface area contributed by atoms with Gasteiger partial charge in [0.1, 0.15) is 5.82 Å². The molecule has 0 amide bonds. The molecule has 0 saturated heterocycles. The quantitative estimate of drug-likeness (QED) is 0.631. The molecule has 0 aliphatic rings. The monoisotopic (exact) mass is 281 g/mol. The molecule has 0 aliphatic carbocycles. The first-order valence-corrected chi connectivity index (χ1v) is 6.99. The van der Waals surface area contributed by atoms with E-state index in [1.54, 1.807) is 23.9 Å². The van der Waals surface area contributed by atoms with Crippen molar-refractivity contribution in [2.24, 2.45) is 0 Å². The van der Waals surface area contributed by atoms with Gasteiger partial charge >= 0.3 is 0 Å². The summed E-state index contributed by atoms with van der Waals surface area (Å²) in [6.07, 6.45) is 0. The molecule has 0 aliphatic heterocycles. The van der Waals surface area contributed by atoms with Crippen molar-refractivity contribution in [3.05, 3.63) is 59.4 Å². The van der Waals surface area contributed by atoms with Crippen LogP contribution < -0.4 is 5.32 Å². The molecule has 0 spiro atoms. The van der Waals surface area contributed by atoms with Crippen molar-refractivity contribution >= 4 is 29.1 Å². The highest BCUT2D eigenvalue weighted by Crippen LogP contribution is 2.25. The minimum Gasteiger partial charge on any atom is -0.381 e. The highest BCUT2D eigenvalue weighted by Gasteiger charge is 2.05. The number of anilines is 1. The maximum Gasteiger partial charge on any atom is 0.147 e. The van der Waals surface area contributed by atoms with Gasteiger partial charge in [-0.15, -0.1) is 11.8 Å². The number of hydrogen-bond donors (Lipinski definition) is 1. The molecule has 1 nitrogen and oxygen atoms in total. The van der Waals surface area contributed by atoms with Crippen molar-refractivity contribution in [1.82, 2.24) is 0 Å². The van der Waals surface area contributed by atoms with Crippen LogP contribution in [0.2, 0.25) is 5.02 Å². The van der Waals surface area contributed by atoms with E-state index in [1.165, 1.54) is 11.0 Å². The maximum absolute atomic E-state index is 13.4. The van der Waals surface area contributed by atoms with Crippen molar-refractivity contribution < 1.29 is 4.39 Å². The smallest absolute Gasteiger partial charge is 0.147 e. The van der Waals surface area contributed by atoms with Gasteiger partial charge in [0.15, 0.2) is 0 Å². The molecule has 0 bridgehead atoms. The second-order valence-corrected chi connectivity index (χ2v) is 5.26. The Morgan fingerprint density at radius 1 is 1.06 bits per heavy atom. The number of thioether (sulfide) groups is 1. The summed E-state index contributed by atoms with van der Waals surface area (Å²) < 4.78 is 13.4.